The molecule has 1 aromatic heterocycles. The Hall–Kier alpha value is -1.27. The average molecular weight is 290 g/mol. The molecule has 0 bridgehead atoms. The third kappa shape index (κ3) is 5.56. The van der Waals surface area contributed by atoms with Crippen LogP contribution < -0.4 is 15.9 Å². The van der Waals surface area contributed by atoms with E-state index in [0.29, 0.717) is 5.69 Å². The molecule has 0 aromatic carbocycles. The number of nitrogens with one attached hydrogen (secondary N) is 1. The Morgan fingerprint density at radius 1 is 1.59 bits per heavy atom. The molecular weight excluding hydrogens is 278 g/mol. The predicted octanol–water partition coefficient (Wildman–Crippen LogP) is -2.82. The molecule has 0 spiro atoms. The van der Waals surface area contributed by atoms with Crippen LogP contribution in [0.1, 0.15) is 12.1 Å². The summed E-state index contributed by atoms with van der Waals surface area (Å²) in [5.74, 6) is -1.92. The van der Waals surface area contributed by atoms with E-state index in [9.17, 15) is 15.0 Å². The maximum absolute atomic E-state index is 11.1. The van der Waals surface area contributed by atoms with E-state index >= 15 is 0 Å². The SMILES string of the molecule is NCCC([O-])=N[C@@H](Cc1cnc[nH]1)C(=O)[O-].[Zn+2]. The zero-order valence-electron chi connectivity index (χ0n) is 9.26. The summed E-state index contributed by atoms with van der Waals surface area (Å²) in [6.45, 7) is 0.145. The Balaban J connectivity index is 0.00000256. The van der Waals surface area contributed by atoms with E-state index in [1.165, 1.54) is 12.5 Å². The average Bonchev–Trinajstić information content (AvgIpc) is 2.69. The van der Waals surface area contributed by atoms with Crippen LogP contribution in [-0.2, 0) is 30.7 Å². The van der Waals surface area contributed by atoms with Crippen LogP contribution in [0, 0.1) is 0 Å². The molecule has 3 N–H and O–H groups in total. The Kier molecular flexibility index (Phi) is 7.33. The van der Waals surface area contributed by atoms with Crippen molar-refractivity contribution in [2.24, 2.45) is 10.7 Å². The smallest absolute Gasteiger partial charge is 0.862 e. The third-order valence-electron chi connectivity index (χ3n) is 1.90. The molecule has 0 amide bonds. The number of carboxylic acids is 1. The molecule has 8 heteroatoms. The van der Waals surface area contributed by atoms with E-state index in [1.807, 2.05) is 0 Å². The van der Waals surface area contributed by atoms with Crippen molar-refractivity contribution in [2.45, 2.75) is 18.9 Å². The zero-order valence-corrected chi connectivity index (χ0v) is 12.2. The van der Waals surface area contributed by atoms with E-state index in [1.54, 1.807) is 0 Å². The molecule has 0 radical (unpaired) electrons. The minimum absolute atomic E-state index is 0. The van der Waals surface area contributed by atoms with Gasteiger partial charge in [-0.05, 0) is 18.9 Å². The maximum atomic E-state index is 11.1. The van der Waals surface area contributed by atoms with Crippen molar-refractivity contribution in [1.82, 2.24) is 9.97 Å². The van der Waals surface area contributed by atoms with Crippen LogP contribution in [0.4, 0.5) is 0 Å². The molecule has 1 heterocycles. The summed E-state index contributed by atoms with van der Waals surface area (Å²) in [7, 11) is 0. The van der Waals surface area contributed by atoms with Gasteiger partial charge in [-0.15, -0.1) is 0 Å². The van der Waals surface area contributed by atoms with Crippen LogP contribution in [0.5, 0.6) is 0 Å². The van der Waals surface area contributed by atoms with Gasteiger partial charge in [-0.25, -0.2) is 4.98 Å². The zero-order chi connectivity index (χ0) is 12.0. The van der Waals surface area contributed by atoms with Gasteiger partial charge in [0, 0.05) is 18.3 Å². The molecule has 0 fully saturated rings. The van der Waals surface area contributed by atoms with Crippen LogP contribution >= 0.6 is 0 Å². The molecule has 0 saturated carbocycles. The number of rotatable bonds is 6. The van der Waals surface area contributed by atoms with E-state index in [0.717, 1.165) is 0 Å². The first-order chi connectivity index (χ1) is 7.63. The summed E-state index contributed by atoms with van der Waals surface area (Å²) in [5.41, 5.74) is 5.74. The summed E-state index contributed by atoms with van der Waals surface area (Å²) < 4.78 is 0. The molecule has 88 valence electrons. The van der Waals surface area contributed by atoms with Crippen molar-refractivity contribution in [2.75, 3.05) is 6.54 Å². The number of aliphatic imine (C=N–C) groups is 1. The molecule has 0 saturated heterocycles. The minimum atomic E-state index is -1.39. The van der Waals surface area contributed by atoms with Crippen LogP contribution in [0.15, 0.2) is 17.5 Å². The number of nitrogens with two attached hydrogens (primary N) is 1. The molecule has 1 atom stereocenters. The Morgan fingerprint density at radius 2 is 2.29 bits per heavy atom. The summed E-state index contributed by atoms with van der Waals surface area (Å²) >= 11 is 0. The molecular formula is C9H12N4O3Zn. The van der Waals surface area contributed by atoms with E-state index in [-0.39, 0.29) is 38.9 Å². The monoisotopic (exact) mass is 288 g/mol. The third-order valence-corrected chi connectivity index (χ3v) is 1.90. The van der Waals surface area contributed by atoms with Crippen LogP contribution in [0.2, 0.25) is 0 Å². The van der Waals surface area contributed by atoms with Gasteiger partial charge in [0.1, 0.15) is 0 Å². The van der Waals surface area contributed by atoms with E-state index < -0.39 is 17.9 Å². The number of hydrogen-bond donors (Lipinski definition) is 2. The Morgan fingerprint density at radius 3 is 2.76 bits per heavy atom. The van der Waals surface area contributed by atoms with Gasteiger partial charge in [0.15, 0.2) is 0 Å². The van der Waals surface area contributed by atoms with Gasteiger partial charge in [-0.1, -0.05) is 0 Å². The number of nitrogens with zero attached hydrogens (tertiary/aromatic N) is 2. The second kappa shape index (κ2) is 7.92. The topological polar surface area (TPSA) is 130 Å². The second-order valence-electron chi connectivity index (χ2n) is 3.18. The van der Waals surface area contributed by atoms with E-state index in [4.69, 9.17) is 5.73 Å². The number of aromatic amines is 1. The maximum Gasteiger partial charge on any atom is 2.00 e. The van der Waals surface area contributed by atoms with Gasteiger partial charge in [0.2, 0.25) is 0 Å². The van der Waals surface area contributed by atoms with Gasteiger partial charge in [-0.3, -0.25) is 4.99 Å². The van der Waals surface area contributed by atoms with Crippen molar-refractivity contribution in [1.29, 1.82) is 0 Å². The van der Waals surface area contributed by atoms with Gasteiger partial charge >= 0.3 is 19.5 Å². The van der Waals surface area contributed by atoms with Crippen molar-refractivity contribution in [3.63, 3.8) is 0 Å². The van der Waals surface area contributed by atoms with Gasteiger partial charge in [0.05, 0.1) is 18.3 Å². The first-order valence-corrected chi connectivity index (χ1v) is 4.75. The molecule has 0 aliphatic rings. The Bertz CT molecular complexity index is 366. The van der Waals surface area contributed by atoms with Crippen molar-refractivity contribution < 1.29 is 34.5 Å². The number of carboxylic acid groups (broad SMARTS) is 1. The fraction of sp³-hybridized carbons (Fsp3) is 0.444. The van der Waals surface area contributed by atoms with Crippen LogP contribution in [0.3, 0.4) is 0 Å². The first kappa shape index (κ1) is 15.7. The molecule has 1 rings (SSSR count). The number of carbonyl (C=O) groups is 1. The predicted molar refractivity (Wildman–Crippen MR) is 52.2 cm³/mol. The molecule has 1 aromatic rings. The number of imidazole rings is 1. The van der Waals surface area contributed by atoms with E-state index in [2.05, 4.69) is 15.0 Å². The molecule has 0 aliphatic heterocycles. The number of aliphatic carboxylic acids is 1. The number of hydrogen-bond acceptors (Lipinski definition) is 6. The number of carbonyl (C=O) groups excluding carboxylic acids is 1. The molecule has 7 nitrogen and oxygen atoms in total. The quantitative estimate of drug-likeness (QED) is 0.331. The fourth-order valence-electron chi connectivity index (χ4n) is 1.15. The standard InChI is InChI=1S/C9H14N4O3.Zn/c10-2-1-8(14)13-7(9(15)16)3-6-4-11-5-12-6;/h4-5,7H,1-3,10H2,(H,11,12)(H,13,14)(H,15,16);/q;+2/p-2/t7-;/m0./s1. The van der Waals surface area contributed by atoms with Crippen molar-refractivity contribution in [3.05, 3.63) is 18.2 Å². The first-order valence-electron chi connectivity index (χ1n) is 4.75. The van der Waals surface area contributed by atoms with Gasteiger partial charge in [0.25, 0.3) is 0 Å². The molecule has 17 heavy (non-hydrogen) atoms. The molecule has 0 aliphatic carbocycles. The summed E-state index contributed by atoms with van der Waals surface area (Å²) in [6, 6.07) is -1.19. The van der Waals surface area contributed by atoms with Gasteiger partial charge < -0.3 is 25.7 Å². The Labute approximate surface area is 111 Å². The van der Waals surface area contributed by atoms with Crippen molar-refractivity contribution in [3.8, 4) is 0 Å². The number of H-pyrrole nitrogens is 1. The fourth-order valence-corrected chi connectivity index (χ4v) is 1.15. The summed E-state index contributed by atoms with van der Waals surface area (Å²) in [6.07, 6.45) is 2.98. The summed E-state index contributed by atoms with van der Waals surface area (Å²) in [5, 5.41) is 21.9. The van der Waals surface area contributed by atoms with Crippen LogP contribution in [-0.4, -0.2) is 34.4 Å². The van der Waals surface area contributed by atoms with Gasteiger partial charge in [-0.2, -0.15) is 0 Å². The molecule has 0 unspecified atom stereocenters. The van der Waals surface area contributed by atoms with Crippen LogP contribution in [0.25, 0.3) is 0 Å². The minimum Gasteiger partial charge on any atom is -0.862 e. The second-order valence-corrected chi connectivity index (χ2v) is 3.18. The largest absolute Gasteiger partial charge is 2.00 e. The number of aromatic nitrogens is 2. The normalized spacial score (nSPS) is 12.9. The summed E-state index contributed by atoms with van der Waals surface area (Å²) in [4.78, 5) is 20.7. The van der Waals surface area contributed by atoms with Crippen molar-refractivity contribution >= 4 is 11.9 Å².